The van der Waals surface area contributed by atoms with Gasteiger partial charge in [-0.05, 0) is 17.7 Å². The minimum Gasteiger partial charge on any atom is -0.395 e. The number of aliphatic hydroxyl groups is 1. The van der Waals surface area contributed by atoms with Gasteiger partial charge < -0.3 is 10.0 Å². The lowest BCUT2D eigenvalue weighted by Gasteiger charge is -2.35. The average Bonchev–Trinajstić information content (AvgIpc) is 3.09. The number of β-amino-alcohol motifs (C(OH)–C–C–N with tert-alkyl or cyclic N) is 1. The molecule has 0 amide bonds. The molecule has 9 nitrogen and oxygen atoms in total. The summed E-state index contributed by atoms with van der Waals surface area (Å²) < 4.78 is 16.4. The third kappa shape index (κ3) is 3.68. The summed E-state index contributed by atoms with van der Waals surface area (Å²) >= 11 is 0. The molecule has 154 valence electrons. The first-order valence-electron chi connectivity index (χ1n) is 9.50. The molecular formula is C19H23FN6O3. The minimum absolute atomic E-state index is 0.112. The Morgan fingerprint density at radius 1 is 1.14 bits per heavy atom. The Morgan fingerprint density at radius 3 is 2.48 bits per heavy atom. The Morgan fingerprint density at radius 2 is 1.83 bits per heavy atom. The number of rotatable bonds is 5. The number of halogens is 1. The maximum Gasteiger partial charge on any atom is 0.329 e. The highest BCUT2D eigenvalue weighted by atomic mass is 19.1. The second kappa shape index (κ2) is 7.80. The van der Waals surface area contributed by atoms with Crippen LogP contribution in [-0.4, -0.2) is 68.4 Å². The van der Waals surface area contributed by atoms with Crippen molar-refractivity contribution < 1.29 is 9.50 Å². The van der Waals surface area contributed by atoms with Crippen LogP contribution in [0.2, 0.25) is 0 Å². The SMILES string of the molecule is Cn1c(=O)[nH]c(=O)c2c1nc(N1CCN(CCO)CC1)n2Cc1ccc(F)cc1. The molecule has 1 aliphatic rings. The van der Waals surface area contributed by atoms with Crippen molar-refractivity contribution in [2.75, 3.05) is 44.2 Å². The second-order valence-electron chi connectivity index (χ2n) is 7.17. The first kappa shape index (κ1) is 19.3. The zero-order valence-electron chi connectivity index (χ0n) is 16.1. The summed E-state index contributed by atoms with van der Waals surface area (Å²) in [5.41, 5.74) is 0.424. The van der Waals surface area contributed by atoms with Crippen LogP contribution >= 0.6 is 0 Å². The average molecular weight is 402 g/mol. The van der Waals surface area contributed by atoms with Gasteiger partial charge in [0.05, 0.1) is 13.2 Å². The van der Waals surface area contributed by atoms with E-state index in [1.165, 1.54) is 16.7 Å². The van der Waals surface area contributed by atoms with E-state index in [0.717, 1.165) is 18.7 Å². The molecule has 29 heavy (non-hydrogen) atoms. The number of aromatic amines is 1. The minimum atomic E-state index is -0.520. The Labute approximate surface area is 165 Å². The molecule has 3 heterocycles. The van der Waals surface area contributed by atoms with Gasteiger partial charge in [0.2, 0.25) is 5.95 Å². The van der Waals surface area contributed by atoms with Crippen molar-refractivity contribution in [2.24, 2.45) is 7.05 Å². The van der Waals surface area contributed by atoms with Crippen molar-refractivity contribution in [1.29, 1.82) is 0 Å². The van der Waals surface area contributed by atoms with Gasteiger partial charge in [0.1, 0.15) is 5.82 Å². The number of nitrogens with zero attached hydrogens (tertiary/aromatic N) is 5. The van der Waals surface area contributed by atoms with E-state index < -0.39 is 11.2 Å². The van der Waals surface area contributed by atoms with Crippen molar-refractivity contribution >= 4 is 17.1 Å². The molecule has 2 N–H and O–H groups in total. The summed E-state index contributed by atoms with van der Waals surface area (Å²) in [5, 5.41) is 9.14. The molecule has 0 saturated carbocycles. The number of aliphatic hydroxyl groups excluding tert-OH is 1. The van der Waals surface area contributed by atoms with Crippen LogP contribution in [0.3, 0.4) is 0 Å². The smallest absolute Gasteiger partial charge is 0.329 e. The second-order valence-corrected chi connectivity index (χ2v) is 7.17. The number of benzene rings is 1. The Bertz CT molecular complexity index is 1130. The van der Waals surface area contributed by atoms with Gasteiger partial charge in [0.25, 0.3) is 5.56 Å². The number of fused-ring (bicyclic) bond motifs is 1. The van der Waals surface area contributed by atoms with Gasteiger partial charge in [0, 0.05) is 39.8 Å². The molecule has 0 radical (unpaired) electrons. The largest absolute Gasteiger partial charge is 0.395 e. The number of imidazole rings is 1. The van der Waals surface area contributed by atoms with E-state index in [9.17, 15) is 14.0 Å². The summed E-state index contributed by atoms with van der Waals surface area (Å²) in [6.07, 6.45) is 0. The quantitative estimate of drug-likeness (QED) is 0.609. The number of nitrogens with one attached hydrogen (secondary N) is 1. The highest BCUT2D eigenvalue weighted by Gasteiger charge is 2.24. The summed E-state index contributed by atoms with van der Waals surface area (Å²) in [6.45, 7) is 3.93. The van der Waals surface area contributed by atoms with E-state index >= 15 is 0 Å². The van der Waals surface area contributed by atoms with E-state index in [2.05, 4.69) is 19.8 Å². The van der Waals surface area contributed by atoms with Gasteiger partial charge in [-0.15, -0.1) is 0 Å². The van der Waals surface area contributed by atoms with Crippen LogP contribution in [0, 0.1) is 5.82 Å². The fraction of sp³-hybridized carbons (Fsp3) is 0.421. The Balaban J connectivity index is 1.79. The summed E-state index contributed by atoms with van der Waals surface area (Å²) in [4.78, 5) is 35.8. The monoisotopic (exact) mass is 402 g/mol. The topological polar surface area (TPSA) is 99.4 Å². The van der Waals surface area contributed by atoms with Crippen LogP contribution < -0.4 is 16.1 Å². The number of hydrogen-bond acceptors (Lipinski definition) is 6. The molecule has 1 aliphatic heterocycles. The van der Waals surface area contributed by atoms with Crippen LogP contribution in [0.4, 0.5) is 10.3 Å². The highest BCUT2D eigenvalue weighted by Crippen LogP contribution is 2.22. The van der Waals surface area contributed by atoms with E-state index in [0.29, 0.717) is 43.3 Å². The molecule has 1 saturated heterocycles. The maximum absolute atomic E-state index is 13.3. The van der Waals surface area contributed by atoms with E-state index in [1.807, 2.05) is 0 Å². The lowest BCUT2D eigenvalue weighted by molar-refractivity contribution is 0.188. The van der Waals surface area contributed by atoms with E-state index in [4.69, 9.17) is 5.11 Å². The molecular weight excluding hydrogens is 379 g/mol. The molecule has 0 bridgehead atoms. The molecule has 4 rings (SSSR count). The Hall–Kier alpha value is -2.98. The van der Waals surface area contributed by atoms with Crippen molar-refractivity contribution in [1.82, 2.24) is 24.0 Å². The van der Waals surface area contributed by atoms with Gasteiger partial charge in [-0.25, -0.2) is 9.18 Å². The van der Waals surface area contributed by atoms with Crippen LogP contribution in [-0.2, 0) is 13.6 Å². The van der Waals surface area contributed by atoms with Crippen LogP contribution in [0.1, 0.15) is 5.56 Å². The summed E-state index contributed by atoms with van der Waals surface area (Å²) in [7, 11) is 1.57. The molecule has 3 aromatic rings. The van der Waals surface area contributed by atoms with Gasteiger partial charge in [-0.2, -0.15) is 4.98 Å². The molecule has 0 aliphatic carbocycles. The fourth-order valence-corrected chi connectivity index (χ4v) is 3.70. The standard InChI is InChI=1S/C19H23FN6O3/c1-23-16-15(17(28)22-19(23)29)26(12-13-2-4-14(20)5-3-13)18(21-16)25-8-6-24(7-9-25)10-11-27/h2-5,27H,6-12H2,1H3,(H,22,28,29). The summed E-state index contributed by atoms with van der Waals surface area (Å²) in [6, 6.07) is 6.09. The first-order valence-corrected chi connectivity index (χ1v) is 9.50. The molecule has 1 fully saturated rings. The lowest BCUT2D eigenvalue weighted by atomic mass is 10.2. The fourth-order valence-electron chi connectivity index (χ4n) is 3.70. The predicted molar refractivity (Wildman–Crippen MR) is 107 cm³/mol. The number of piperazine rings is 1. The van der Waals surface area contributed by atoms with Crippen molar-refractivity contribution in [3.8, 4) is 0 Å². The number of H-pyrrole nitrogens is 1. The normalized spacial score (nSPS) is 15.3. The number of aryl methyl sites for hydroxylation is 1. The number of hydrogen-bond donors (Lipinski definition) is 2. The molecule has 10 heteroatoms. The third-order valence-corrected chi connectivity index (χ3v) is 5.31. The Kier molecular flexibility index (Phi) is 5.20. The van der Waals surface area contributed by atoms with Crippen LogP contribution in [0.5, 0.6) is 0 Å². The van der Waals surface area contributed by atoms with Crippen molar-refractivity contribution in [3.63, 3.8) is 0 Å². The van der Waals surface area contributed by atoms with Crippen LogP contribution in [0.25, 0.3) is 11.2 Å². The number of anilines is 1. The van der Waals surface area contributed by atoms with Crippen LogP contribution in [0.15, 0.2) is 33.9 Å². The molecule has 0 atom stereocenters. The van der Waals surface area contributed by atoms with E-state index in [1.54, 1.807) is 23.7 Å². The molecule has 1 aromatic carbocycles. The predicted octanol–water partition coefficient (Wildman–Crippen LogP) is -0.275. The zero-order chi connectivity index (χ0) is 20.5. The molecule has 0 spiro atoms. The highest BCUT2D eigenvalue weighted by molar-refractivity contribution is 5.74. The van der Waals surface area contributed by atoms with Gasteiger partial charge >= 0.3 is 5.69 Å². The van der Waals surface area contributed by atoms with Gasteiger partial charge in [-0.1, -0.05) is 12.1 Å². The molecule has 0 unspecified atom stereocenters. The molecule has 2 aromatic heterocycles. The zero-order valence-corrected chi connectivity index (χ0v) is 16.1. The van der Waals surface area contributed by atoms with Gasteiger partial charge in [-0.3, -0.25) is 23.8 Å². The van der Waals surface area contributed by atoms with Crippen molar-refractivity contribution in [2.45, 2.75) is 6.54 Å². The first-order chi connectivity index (χ1) is 14.0. The third-order valence-electron chi connectivity index (χ3n) is 5.31. The van der Waals surface area contributed by atoms with Gasteiger partial charge in [0.15, 0.2) is 11.2 Å². The summed E-state index contributed by atoms with van der Waals surface area (Å²) in [5.74, 6) is 0.268. The number of aromatic nitrogens is 4. The van der Waals surface area contributed by atoms with E-state index in [-0.39, 0.29) is 12.4 Å². The lowest BCUT2D eigenvalue weighted by Crippen LogP contribution is -2.48. The maximum atomic E-state index is 13.3. The van der Waals surface area contributed by atoms with Crippen molar-refractivity contribution in [3.05, 3.63) is 56.5 Å².